The van der Waals surface area contributed by atoms with E-state index in [0.717, 1.165) is 8.47 Å². The van der Waals surface area contributed by atoms with Crippen molar-refractivity contribution in [2.24, 2.45) is 0 Å². The molecule has 3 amide bonds. The van der Waals surface area contributed by atoms with Gasteiger partial charge in [0.1, 0.15) is 5.70 Å². The molecule has 28 heavy (non-hydrogen) atoms. The molecule has 1 saturated heterocycles. The molecule has 0 radical (unpaired) electrons. The lowest BCUT2D eigenvalue weighted by molar-refractivity contribution is -0.113. The lowest BCUT2D eigenvalue weighted by Crippen LogP contribution is -2.30. The van der Waals surface area contributed by atoms with Gasteiger partial charge in [0, 0.05) is 5.02 Å². The van der Waals surface area contributed by atoms with E-state index < -0.39 is 11.9 Å². The summed E-state index contributed by atoms with van der Waals surface area (Å²) in [6, 6.07) is 9.65. The molecule has 0 bridgehead atoms. The molecular weight excluding hydrogens is 495 g/mol. The Bertz CT molecular complexity index is 975. The molecule has 2 aromatic carbocycles. The molecule has 2 aromatic rings. The van der Waals surface area contributed by atoms with Crippen LogP contribution in [0.3, 0.4) is 0 Å². The van der Waals surface area contributed by atoms with Gasteiger partial charge in [-0.2, -0.15) is 0 Å². The lowest BCUT2D eigenvalue weighted by atomic mass is 10.1. The van der Waals surface area contributed by atoms with Crippen LogP contribution in [-0.2, 0) is 4.79 Å². The molecule has 1 N–H and O–H groups in total. The number of methoxy groups -OCH3 is 1. The first-order chi connectivity index (χ1) is 13.3. The minimum Gasteiger partial charge on any atom is -0.493 e. The summed E-state index contributed by atoms with van der Waals surface area (Å²) in [4.78, 5) is 26.1. The quantitative estimate of drug-likeness (QED) is 0.354. The van der Waals surface area contributed by atoms with Crippen molar-refractivity contribution in [3.63, 3.8) is 0 Å². The molecule has 6 nitrogen and oxygen atoms in total. The Kier molecular flexibility index (Phi) is 6.14. The molecule has 0 atom stereocenters. The van der Waals surface area contributed by atoms with Gasteiger partial charge in [-0.3, -0.25) is 4.79 Å². The van der Waals surface area contributed by atoms with Crippen LogP contribution in [0.2, 0.25) is 5.02 Å². The van der Waals surface area contributed by atoms with Gasteiger partial charge in [0.2, 0.25) is 0 Å². The largest absolute Gasteiger partial charge is 0.493 e. The zero-order chi connectivity index (χ0) is 20.4. The Morgan fingerprint density at radius 2 is 1.96 bits per heavy atom. The second-order valence-corrected chi connectivity index (χ2v) is 7.91. The summed E-state index contributed by atoms with van der Waals surface area (Å²) in [5, 5.41) is 3.05. The molecule has 0 spiro atoms. The number of carbonyl (C=O) groups excluding carboxylic acids is 2. The minimum absolute atomic E-state index is 0.00595. The van der Waals surface area contributed by atoms with Crippen molar-refractivity contribution in [3.05, 3.63) is 56.3 Å². The first-order valence-electron chi connectivity index (χ1n) is 8.47. The van der Waals surface area contributed by atoms with E-state index in [0.29, 0.717) is 27.8 Å². The highest BCUT2D eigenvalue weighted by atomic mass is 127. The standard InChI is InChI=1S/C20H18ClIN2O4/c1-11(2)28-18-15(22)7-12(9-17(18)27-3)8-16-19(25)24(20(26)23-16)14-6-4-5-13(21)10-14/h4-11H,1-3H3,(H,23,26)/b16-8+. The topological polar surface area (TPSA) is 67.9 Å². The lowest BCUT2D eigenvalue weighted by Gasteiger charge is -2.16. The maximum absolute atomic E-state index is 12.8. The third kappa shape index (κ3) is 4.25. The average molecular weight is 513 g/mol. The summed E-state index contributed by atoms with van der Waals surface area (Å²) in [6.45, 7) is 3.87. The van der Waals surface area contributed by atoms with E-state index in [9.17, 15) is 9.59 Å². The molecule has 1 fully saturated rings. The molecule has 0 aliphatic carbocycles. The van der Waals surface area contributed by atoms with Crippen molar-refractivity contribution in [1.29, 1.82) is 0 Å². The van der Waals surface area contributed by atoms with Gasteiger partial charge in [-0.05, 0) is 78.4 Å². The summed E-state index contributed by atoms with van der Waals surface area (Å²) in [6.07, 6.45) is 1.60. The highest BCUT2D eigenvalue weighted by molar-refractivity contribution is 14.1. The number of hydrogen-bond donors (Lipinski definition) is 1. The number of amides is 3. The Labute approximate surface area is 181 Å². The zero-order valence-electron chi connectivity index (χ0n) is 15.5. The molecule has 0 saturated carbocycles. The molecule has 0 unspecified atom stereocenters. The smallest absolute Gasteiger partial charge is 0.333 e. The van der Waals surface area contributed by atoms with Gasteiger partial charge in [-0.25, -0.2) is 9.69 Å². The fraction of sp³-hybridized carbons (Fsp3) is 0.200. The van der Waals surface area contributed by atoms with E-state index in [4.69, 9.17) is 21.1 Å². The molecule has 1 aliphatic rings. The predicted molar refractivity (Wildman–Crippen MR) is 117 cm³/mol. The summed E-state index contributed by atoms with van der Waals surface area (Å²) in [7, 11) is 1.55. The van der Waals surface area contributed by atoms with Crippen LogP contribution in [0.4, 0.5) is 10.5 Å². The van der Waals surface area contributed by atoms with Crippen LogP contribution in [0.5, 0.6) is 11.5 Å². The van der Waals surface area contributed by atoms with Gasteiger partial charge < -0.3 is 14.8 Å². The molecule has 3 rings (SSSR count). The van der Waals surface area contributed by atoms with E-state index in [2.05, 4.69) is 27.9 Å². The minimum atomic E-state index is -0.528. The molecule has 1 aliphatic heterocycles. The Hall–Kier alpha value is -2.26. The number of halogens is 2. The highest BCUT2D eigenvalue weighted by Crippen LogP contribution is 2.35. The second kappa shape index (κ2) is 8.40. The number of carbonyl (C=O) groups is 2. The maximum Gasteiger partial charge on any atom is 0.333 e. The number of nitrogens with zero attached hydrogens (tertiary/aromatic N) is 1. The summed E-state index contributed by atoms with van der Waals surface area (Å²) < 4.78 is 12.1. The number of ether oxygens (including phenoxy) is 2. The van der Waals surface area contributed by atoms with Crippen molar-refractivity contribution in [2.45, 2.75) is 20.0 Å². The number of nitrogens with one attached hydrogen (secondary N) is 1. The van der Waals surface area contributed by atoms with Crippen molar-refractivity contribution in [3.8, 4) is 11.5 Å². The van der Waals surface area contributed by atoms with Crippen molar-refractivity contribution in [2.75, 3.05) is 12.0 Å². The number of rotatable bonds is 5. The molecule has 0 aromatic heterocycles. The Morgan fingerprint density at radius 1 is 1.21 bits per heavy atom. The second-order valence-electron chi connectivity index (χ2n) is 6.31. The van der Waals surface area contributed by atoms with Crippen LogP contribution in [0.25, 0.3) is 6.08 Å². The normalized spacial score (nSPS) is 15.4. The SMILES string of the molecule is COc1cc(/C=C2/NC(=O)N(c3cccc(Cl)c3)C2=O)cc(I)c1OC(C)C. The van der Waals surface area contributed by atoms with Crippen LogP contribution in [0.1, 0.15) is 19.4 Å². The Morgan fingerprint density at radius 3 is 2.61 bits per heavy atom. The molecule has 8 heteroatoms. The van der Waals surface area contributed by atoms with Gasteiger partial charge in [-0.15, -0.1) is 0 Å². The van der Waals surface area contributed by atoms with Crippen LogP contribution in [-0.4, -0.2) is 25.2 Å². The predicted octanol–water partition coefficient (Wildman–Crippen LogP) is 4.84. The highest BCUT2D eigenvalue weighted by Gasteiger charge is 2.35. The third-order valence-electron chi connectivity index (χ3n) is 3.86. The van der Waals surface area contributed by atoms with E-state index in [1.165, 1.54) is 0 Å². The summed E-state index contributed by atoms with van der Waals surface area (Å²) >= 11 is 8.13. The number of imide groups is 1. The maximum atomic E-state index is 12.8. The van der Waals surface area contributed by atoms with Gasteiger partial charge in [0.25, 0.3) is 5.91 Å². The summed E-state index contributed by atoms with van der Waals surface area (Å²) in [5.41, 5.74) is 1.28. The fourth-order valence-corrected chi connectivity index (χ4v) is 3.66. The third-order valence-corrected chi connectivity index (χ3v) is 4.90. The van der Waals surface area contributed by atoms with Gasteiger partial charge in [0.15, 0.2) is 11.5 Å². The zero-order valence-corrected chi connectivity index (χ0v) is 18.4. The number of benzene rings is 2. The van der Waals surface area contributed by atoms with Crippen molar-refractivity contribution < 1.29 is 19.1 Å². The molecule has 1 heterocycles. The van der Waals surface area contributed by atoms with Crippen LogP contribution in [0.15, 0.2) is 42.1 Å². The molecular formula is C20H18ClIN2O4. The first kappa shape index (κ1) is 20.5. The van der Waals surface area contributed by atoms with Gasteiger partial charge >= 0.3 is 6.03 Å². The van der Waals surface area contributed by atoms with Crippen LogP contribution >= 0.6 is 34.2 Å². The van der Waals surface area contributed by atoms with Gasteiger partial charge in [0.05, 0.1) is 22.5 Å². The van der Waals surface area contributed by atoms with Crippen LogP contribution in [0, 0.1) is 3.57 Å². The van der Waals surface area contributed by atoms with Gasteiger partial charge in [-0.1, -0.05) is 17.7 Å². The fourth-order valence-electron chi connectivity index (χ4n) is 2.72. The number of hydrogen-bond acceptors (Lipinski definition) is 4. The number of urea groups is 1. The summed E-state index contributed by atoms with van der Waals surface area (Å²) in [5.74, 6) is 0.738. The average Bonchev–Trinajstić information content (AvgIpc) is 2.90. The van der Waals surface area contributed by atoms with E-state index in [-0.39, 0.29) is 11.8 Å². The monoisotopic (exact) mass is 512 g/mol. The molecule has 146 valence electrons. The first-order valence-corrected chi connectivity index (χ1v) is 9.92. The van der Waals surface area contributed by atoms with E-state index in [1.807, 2.05) is 19.9 Å². The number of anilines is 1. The van der Waals surface area contributed by atoms with E-state index >= 15 is 0 Å². The van der Waals surface area contributed by atoms with E-state index in [1.54, 1.807) is 43.5 Å². The van der Waals surface area contributed by atoms with Crippen molar-refractivity contribution >= 4 is 57.9 Å². The van der Waals surface area contributed by atoms with Crippen LogP contribution < -0.4 is 19.7 Å². The Balaban J connectivity index is 1.95. The van der Waals surface area contributed by atoms with Crippen molar-refractivity contribution in [1.82, 2.24) is 5.32 Å².